The van der Waals surface area contributed by atoms with E-state index in [2.05, 4.69) is 5.32 Å². The molecule has 118 valence electrons. The second-order valence-electron chi connectivity index (χ2n) is 4.36. The summed E-state index contributed by atoms with van der Waals surface area (Å²) in [7, 11) is 2.29. The Morgan fingerprint density at radius 2 is 2.10 bits per heavy atom. The van der Waals surface area contributed by atoms with Gasteiger partial charge in [0.1, 0.15) is 4.90 Å². The average Bonchev–Trinajstić information content (AvgIpc) is 2.37. The van der Waals surface area contributed by atoms with E-state index in [0.717, 1.165) is 12.1 Å². The molecule has 0 aliphatic heterocycles. The van der Waals surface area contributed by atoms with Crippen molar-refractivity contribution in [2.45, 2.75) is 24.3 Å². The summed E-state index contributed by atoms with van der Waals surface area (Å²) >= 11 is 5.70. The van der Waals surface area contributed by atoms with Gasteiger partial charge in [-0.1, -0.05) is 11.6 Å². The average molecular weight is 358 g/mol. The summed E-state index contributed by atoms with van der Waals surface area (Å²) in [4.78, 5) is 11.2. The molecule has 0 aromatic heterocycles. The van der Waals surface area contributed by atoms with Gasteiger partial charge in [0.2, 0.25) is 0 Å². The molecule has 1 N–H and O–H groups in total. The van der Waals surface area contributed by atoms with E-state index in [1.165, 1.54) is 7.11 Å². The van der Waals surface area contributed by atoms with Crippen LogP contribution in [0.5, 0.6) is 0 Å². The number of amides is 1. The molecule has 0 saturated carbocycles. The minimum absolute atomic E-state index is 0.106. The summed E-state index contributed by atoms with van der Waals surface area (Å²) in [5.74, 6) is -2.01. The van der Waals surface area contributed by atoms with Gasteiger partial charge < -0.3 is 10.1 Å². The monoisotopic (exact) mass is 357 g/mol. The van der Waals surface area contributed by atoms with E-state index in [1.807, 2.05) is 0 Å². The largest absolute Gasteiger partial charge is 0.385 e. The lowest BCUT2D eigenvalue weighted by Gasteiger charge is -2.14. The lowest BCUT2D eigenvalue weighted by atomic mass is 10.1. The van der Waals surface area contributed by atoms with Gasteiger partial charge in [0, 0.05) is 35.5 Å². The molecular weight excluding hydrogens is 344 g/mol. The number of methoxy groups -OCH3 is 1. The van der Waals surface area contributed by atoms with E-state index in [0.29, 0.717) is 13.0 Å². The van der Waals surface area contributed by atoms with Crippen LogP contribution in [0.1, 0.15) is 23.7 Å². The van der Waals surface area contributed by atoms with Crippen molar-refractivity contribution in [3.63, 3.8) is 0 Å². The highest BCUT2D eigenvalue weighted by Gasteiger charge is 2.24. The molecule has 1 rings (SSSR count). The van der Waals surface area contributed by atoms with Gasteiger partial charge >= 0.3 is 0 Å². The maximum absolute atomic E-state index is 14.1. The van der Waals surface area contributed by atoms with E-state index in [4.69, 9.17) is 27.0 Å². The van der Waals surface area contributed by atoms with Crippen molar-refractivity contribution >= 4 is 37.2 Å². The van der Waals surface area contributed by atoms with Gasteiger partial charge in [0.05, 0.1) is 5.56 Å². The Morgan fingerprint density at radius 3 is 2.62 bits per heavy atom. The van der Waals surface area contributed by atoms with Gasteiger partial charge in [-0.3, -0.25) is 4.79 Å². The molecule has 0 saturated heterocycles. The normalized spacial score (nSPS) is 13.0. The second kappa shape index (κ2) is 7.40. The van der Waals surface area contributed by atoms with E-state index in [1.54, 1.807) is 6.92 Å². The first-order valence-corrected chi connectivity index (χ1v) is 8.59. The van der Waals surface area contributed by atoms with Crippen LogP contribution in [0.2, 0.25) is 5.02 Å². The number of ether oxygens (including phenoxy) is 1. The van der Waals surface area contributed by atoms with Crippen LogP contribution in [0.15, 0.2) is 17.0 Å². The molecule has 0 aliphatic rings. The molecule has 1 aromatic carbocycles. The van der Waals surface area contributed by atoms with Crippen LogP contribution in [0.3, 0.4) is 0 Å². The van der Waals surface area contributed by atoms with Gasteiger partial charge in [0.25, 0.3) is 15.0 Å². The Morgan fingerprint density at radius 1 is 1.48 bits per heavy atom. The smallest absolute Gasteiger partial charge is 0.264 e. The molecule has 21 heavy (non-hydrogen) atoms. The van der Waals surface area contributed by atoms with Crippen LogP contribution in [0.25, 0.3) is 0 Å². The first-order chi connectivity index (χ1) is 9.66. The summed E-state index contributed by atoms with van der Waals surface area (Å²) in [6.07, 6.45) is 0.519. The van der Waals surface area contributed by atoms with Crippen molar-refractivity contribution in [3.05, 3.63) is 28.5 Å². The van der Waals surface area contributed by atoms with Crippen LogP contribution >= 0.6 is 22.3 Å². The maximum atomic E-state index is 14.1. The lowest BCUT2D eigenvalue weighted by Crippen LogP contribution is -2.34. The molecule has 0 fully saturated rings. The SMILES string of the molecule is COCCC(C)NC(=O)c1cc(Cl)cc(S(=O)(=O)Cl)c1F. The Bertz CT molecular complexity index is 636. The van der Waals surface area contributed by atoms with Gasteiger partial charge in [0.15, 0.2) is 5.82 Å². The van der Waals surface area contributed by atoms with Crippen LogP contribution < -0.4 is 5.32 Å². The van der Waals surface area contributed by atoms with Crippen molar-refractivity contribution < 1.29 is 22.3 Å². The molecule has 0 bridgehead atoms. The van der Waals surface area contributed by atoms with E-state index in [9.17, 15) is 17.6 Å². The Balaban J connectivity index is 3.08. The minimum atomic E-state index is -4.34. The first-order valence-electron chi connectivity index (χ1n) is 5.90. The zero-order valence-corrected chi connectivity index (χ0v) is 13.6. The minimum Gasteiger partial charge on any atom is -0.385 e. The Labute approximate surface area is 131 Å². The van der Waals surface area contributed by atoms with Gasteiger partial charge in [-0.25, -0.2) is 12.8 Å². The topological polar surface area (TPSA) is 72.5 Å². The van der Waals surface area contributed by atoms with Crippen molar-refractivity contribution in [1.29, 1.82) is 0 Å². The van der Waals surface area contributed by atoms with Crippen LogP contribution in [0, 0.1) is 5.82 Å². The fraction of sp³-hybridized carbons (Fsp3) is 0.417. The third-order valence-electron chi connectivity index (χ3n) is 2.64. The number of benzene rings is 1. The summed E-state index contributed by atoms with van der Waals surface area (Å²) in [6.45, 7) is 2.12. The fourth-order valence-corrected chi connectivity index (χ4v) is 2.79. The highest BCUT2D eigenvalue weighted by Crippen LogP contribution is 2.26. The number of carbonyl (C=O) groups is 1. The zero-order chi connectivity index (χ0) is 16.2. The molecule has 0 aliphatic carbocycles. The van der Waals surface area contributed by atoms with Crippen molar-refractivity contribution in [1.82, 2.24) is 5.32 Å². The summed E-state index contributed by atoms with van der Waals surface area (Å²) < 4.78 is 41.5. The van der Waals surface area contributed by atoms with E-state index >= 15 is 0 Å². The molecule has 1 aromatic rings. The van der Waals surface area contributed by atoms with Gasteiger partial charge in [-0.15, -0.1) is 0 Å². The molecule has 9 heteroatoms. The number of rotatable bonds is 6. The van der Waals surface area contributed by atoms with Crippen molar-refractivity contribution in [2.24, 2.45) is 0 Å². The predicted octanol–water partition coefficient (Wildman–Crippen LogP) is 2.56. The molecule has 1 atom stereocenters. The van der Waals surface area contributed by atoms with Crippen LogP contribution in [0.4, 0.5) is 4.39 Å². The Hall–Kier alpha value is -0.890. The quantitative estimate of drug-likeness (QED) is 0.794. The van der Waals surface area contributed by atoms with Crippen LogP contribution in [-0.2, 0) is 13.8 Å². The third-order valence-corrected chi connectivity index (χ3v) is 4.18. The highest BCUT2D eigenvalue weighted by atomic mass is 35.7. The molecule has 1 amide bonds. The predicted molar refractivity (Wildman–Crippen MR) is 77.9 cm³/mol. The third kappa shape index (κ3) is 5.10. The van der Waals surface area contributed by atoms with Crippen molar-refractivity contribution in [2.75, 3.05) is 13.7 Å². The fourth-order valence-electron chi connectivity index (χ4n) is 1.58. The molecule has 1 unspecified atom stereocenters. The number of nitrogens with one attached hydrogen (secondary N) is 1. The molecule has 0 spiro atoms. The Kier molecular flexibility index (Phi) is 6.40. The van der Waals surface area contributed by atoms with Crippen LogP contribution in [-0.4, -0.2) is 34.1 Å². The standard InChI is InChI=1S/C12H14Cl2FNO4S/c1-7(3-4-20-2)16-12(17)9-5-8(13)6-10(11(9)15)21(14,18)19/h5-7H,3-4H2,1-2H3,(H,16,17). The number of halogens is 3. The molecule has 0 heterocycles. The lowest BCUT2D eigenvalue weighted by molar-refractivity contribution is 0.0925. The first kappa shape index (κ1) is 18.2. The summed E-state index contributed by atoms with van der Waals surface area (Å²) in [5.41, 5.74) is -0.481. The number of hydrogen-bond acceptors (Lipinski definition) is 4. The van der Waals surface area contributed by atoms with Crippen molar-refractivity contribution in [3.8, 4) is 0 Å². The second-order valence-corrected chi connectivity index (χ2v) is 7.33. The zero-order valence-electron chi connectivity index (χ0n) is 11.3. The highest BCUT2D eigenvalue weighted by molar-refractivity contribution is 8.13. The maximum Gasteiger partial charge on any atom is 0.264 e. The summed E-state index contributed by atoms with van der Waals surface area (Å²) in [5, 5.41) is 2.42. The molecule has 5 nitrogen and oxygen atoms in total. The van der Waals surface area contributed by atoms with E-state index in [-0.39, 0.29) is 11.1 Å². The number of hydrogen-bond donors (Lipinski definition) is 1. The van der Waals surface area contributed by atoms with Gasteiger partial charge in [-0.05, 0) is 25.5 Å². The van der Waals surface area contributed by atoms with E-state index < -0.39 is 31.2 Å². The summed E-state index contributed by atoms with van der Waals surface area (Å²) in [6, 6.07) is 1.61. The molecular formula is C12H14Cl2FNO4S. The van der Waals surface area contributed by atoms with Gasteiger partial charge in [-0.2, -0.15) is 0 Å². The molecule has 0 radical (unpaired) electrons. The number of carbonyl (C=O) groups excluding carboxylic acids is 1.